The van der Waals surface area contributed by atoms with E-state index in [0.717, 1.165) is 25.9 Å². The minimum atomic E-state index is -3.67. The molecular formula is C23H29N5O5S. The SMILES string of the molecule is O=c1oc2cc(S(=O)(=O)N3CCN(C4CCCCC4)CC3)ccc2n1Cc1noc(C2CC2)n1. The fraction of sp³-hybridized carbons (Fsp3) is 0.609. The zero-order valence-corrected chi connectivity index (χ0v) is 19.9. The van der Waals surface area contributed by atoms with Gasteiger partial charge in [-0.1, -0.05) is 24.4 Å². The third kappa shape index (κ3) is 4.09. The summed E-state index contributed by atoms with van der Waals surface area (Å²) in [5, 5.41) is 3.96. The van der Waals surface area contributed by atoms with Crippen LogP contribution in [-0.2, 0) is 16.6 Å². The van der Waals surface area contributed by atoms with Crippen molar-refractivity contribution in [3.63, 3.8) is 0 Å². The first-order chi connectivity index (χ1) is 16.5. The van der Waals surface area contributed by atoms with E-state index < -0.39 is 15.8 Å². The second-order valence-corrected chi connectivity index (χ2v) is 11.6. The Morgan fingerprint density at radius 3 is 2.50 bits per heavy atom. The Bertz CT molecular complexity index is 1340. The third-order valence-electron chi connectivity index (χ3n) is 7.35. The Morgan fingerprint density at radius 2 is 1.76 bits per heavy atom. The Kier molecular flexibility index (Phi) is 5.57. The van der Waals surface area contributed by atoms with Crippen LogP contribution in [0.4, 0.5) is 0 Å². The van der Waals surface area contributed by atoms with E-state index >= 15 is 0 Å². The van der Waals surface area contributed by atoms with E-state index in [-0.39, 0.29) is 17.0 Å². The first-order valence-corrected chi connectivity index (χ1v) is 13.6. The van der Waals surface area contributed by atoms with Crippen molar-refractivity contribution in [3.8, 4) is 0 Å². The van der Waals surface area contributed by atoms with Gasteiger partial charge < -0.3 is 8.94 Å². The zero-order chi connectivity index (χ0) is 23.3. The number of sulfonamides is 1. The Labute approximate surface area is 197 Å². The topological polar surface area (TPSA) is 115 Å². The summed E-state index contributed by atoms with van der Waals surface area (Å²) in [5.74, 6) is 0.756. The number of benzene rings is 1. The molecule has 0 N–H and O–H groups in total. The van der Waals surface area contributed by atoms with Crippen molar-refractivity contribution >= 4 is 21.1 Å². The third-order valence-corrected chi connectivity index (χ3v) is 9.25. The zero-order valence-electron chi connectivity index (χ0n) is 19.1. The lowest BCUT2D eigenvalue weighted by molar-refractivity contribution is 0.111. The van der Waals surface area contributed by atoms with Gasteiger partial charge in [-0.05, 0) is 37.8 Å². The Hall–Kier alpha value is -2.50. The summed E-state index contributed by atoms with van der Waals surface area (Å²) < 4.78 is 40.2. The molecule has 2 aromatic heterocycles. The van der Waals surface area contributed by atoms with Crippen LogP contribution in [0.5, 0.6) is 0 Å². The number of rotatable bonds is 6. The number of nitrogens with zero attached hydrogens (tertiary/aromatic N) is 5. The van der Waals surface area contributed by atoms with E-state index in [1.54, 1.807) is 16.4 Å². The van der Waals surface area contributed by atoms with Gasteiger partial charge in [-0.2, -0.15) is 9.29 Å². The highest BCUT2D eigenvalue weighted by molar-refractivity contribution is 7.89. The quantitative estimate of drug-likeness (QED) is 0.521. The fourth-order valence-corrected chi connectivity index (χ4v) is 6.67. The molecular weight excluding hydrogens is 458 g/mol. The van der Waals surface area contributed by atoms with E-state index in [9.17, 15) is 13.2 Å². The van der Waals surface area contributed by atoms with E-state index in [0.29, 0.717) is 42.3 Å². The van der Waals surface area contributed by atoms with Crippen LogP contribution in [0.15, 0.2) is 36.8 Å². The van der Waals surface area contributed by atoms with Gasteiger partial charge in [-0.15, -0.1) is 0 Å². The maximum Gasteiger partial charge on any atom is 0.420 e. The Balaban J connectivity index is 1.19. The lowest BCUT2D eigenvalue weighted by Crippen LogP contribution is -2.52. The van der Waals surface area contributed by atoms with E-state index in [1.807, 2.05) is 0 Å². The van der Waals surface area contributed by atoms with Crippen LogP contribution in [0, 0.1) is 0 Å². The van der Waals surface area contributed by atoms with Gasteiger partial charge in [0.2, 0.25) is 15.9 Å². The number of fused-ring (bicyclic) bond motifs is 1. The van der Waals surface area contributed by atoms with Crippen molar-refractivity contribution < 1.29 is 17.4 Å². The van der Waals surface area contributed by atoms with E-state index in [1.165, 1.54) is 42.7 Å². The monoisotopic (exact) mass is 487 g/mol. The summed E-state index contributed by atoms with van der Waals surface area (Å²) in [6.07, 6.45) is 8.36. The minimum absolute atomic E-state index is 0.108. The predicted molar refractivity (Wildman–Crippen MR) is 123 cm³/mol. The average molecular weight is 488 g/mol. The molecule has 1 aromatic carbocycles. The highest BCUT2D eigenvalue weighted by Gasteiger charge is 2.32. The van der Waals surface area contributed by atoms with Crippen molar-refractivity contribution in [1.29, 1.82) is 0 Å². The number of hydrogen-bond acceptors (Lipinski definition) is 8. The van der Waals surface area contributed by atoms with Gasteiger partial charge >= 0.3 is 5.76 Å². The summed E-state index contributed by atoms with van der Waals surface area (Å²) in [5.41, 5.74) is 0.738. The van der Waals surface area contributed by atoms with Gasteiger partial charge in [0.1, 0.15) is 0 Å². The molecule has 0 amide bonds. The molecule has 3 aromatic rings. The number of piperazine rings is 1. The van der Waals surface area contributed by atoms with Crippen LogP contribution >= 0.6 is 0 Å². The Morgan fingerprint density at radius 1 is 1.00 bits per heavy atom. The van der Waals surface area contributed by atoms with E-state index in [2.05, 4.69) is 15.0 Å². The lowest BCUT2D eigenvalue weighted by atomic mass is 9.94. The molecule has 3 aliphatic rings. The highest BCUT2D eigenvalue weighted by Crippen LogP contribution is 2.38. The molecule has 2 aliphatic carbocycles. The molecule has 0 bridgehead atoms. The van der Waals surface area contributed by atoms with Crippen LogP contribution in [0.25, 0.3) is 11.1 Å². The van der Waals surface area contributed by atoms with Crippen LogP contribution in [0.2, 0.25) is 0 Å². The van der Waals surface area contributed by atoms with Crippen LogP contribution in [-0.4, -0.2) is 64.6 Å². The van der Waals surface area contributed by atoms with Crippen molar-refractivity contribution in [2.75, 3.05) is 26.2 Å². The summed E-state index contributed by atoms with van der Waals surface area (Å²) in [4.78, 5) is 19.4. The molecule has 10 nitrogen and oxygen atoms in total. The normalized spacial score (nSPS) is 21.4. The molecule has 0 radical (unpaired) electrons. The molecule has 34 heavy (non-hydrogen) atoms. The van der Waals surface area contributed by atoms with Gasteiger partial charge in [-0.3, -0.25) is 9.47 Å². The molecule has 6 rings (SSSR count). The molecule has 0 unspecified atom stereocenters. The molecule has 0 atom stereocenters. The standard InChI is InChI=1S/C23H29N5O5S/c29-23-28(15-21-24-22(33-25-21)16-6-7-16)19-9-8-18(14-20(19)32-23)34(30,31)27-12-10-26(11-13-27)17-4-2-1-3-5-17/h8-9,14,16-17H,1-7,10-13,15H2. The summed E-state index contributed by atoms with van der Waals surface area (Å²) in [6.45, 7) is 2.57. The van der Waals surface area contributed by atoms with Crippen LogP contribution in [0.1, 0.15) is 62.6 Å². The van der Waals surface area contributed by atoms with Crippen LogP contribution in [0.3, 0.4) is 0 Å². The number of oxazole rings is 1. The van der Waals surface area contributed by atoms with Gasteiger partial charge in [0.15, 0.2) is 11.4 Å². The first kappa shape index (κ1) is 22.0. The summed E-state index contributed by atoms with van der Waals surface area (Å²) in [7, 11) is -3.67. The first-order valence-electron chi connectivity index (χ1n) is 12.2. The summed E-state index contributed by atoms with van der Waals surface area (Å²) >= 11 is 0. The molecule has 182 valence electrons. The fourth-order valence-electron chi connectivity index (χ4n) is 5.23. The molecule has 3 heterocycles. The maximum atomic E-state index is 13.3. The van der Waals surface area contributed by atoms with Crippen molar-refractivity contribution in [2.24, 2.45) is 0 Å². The molecule has 11 heteroatoms. The molecule has 1 saturated heterocycles. The van der Waals surface area contributed by atoms with Gasteiger partial charge in [0.05, 0.1) is 17.0 Å². The van der Waals surface area contributed by atoms with Crippen molar-refractivity contribution in [2.45, 2.75) is 68.3 Å². The van der Waals surface area contributed by atoms with Crippen LogP contribution < -0.4 is 5.76 Å². The second kappa shape index (κ2) is 8.62. The van der Waals surface area contributed by atoms with Gasteiger partial charge in [-0.25, -0.2) is 13.2 Å². The molecule has 1 aliphatic heterocycles. The molecule has 0 spiro atoms. The number of hydrogen-bond donors (Lipinski definition) is 0. The van der Waals surface area contributed by atoms with E-state index in [4.69, 9.17) is 8.94 Å². The molecule has 2 saturated carbocycles. The smallest absolute Gasteiger partial charge is 0.408 e. The average Bonchev–Trinajstić information content (AvgIpc) is 3.53. The van der Waals surface area contributed by atoms with Gasteiger partial charge in [0, 0.05) is 44.2 Å². The minimum Gasteiger partial charge on any atom is -0.408 e. The maximum absolute atomic E-state index is 13.3. The highest BCUT2D eigenvalue weighted by atomic mass is 32.2. The second-order valence-electron chi connectivity index (χ2n) is 9.64. The van der Waals surface area contributed by atoms with Crippen molar-refractivity contribution in [3.05, 3.63) is 40.5 Å². The predicted octanol–water partition coefficient (Wildman–Crippen LogP) is 2.54. The van der Waals surface area contributed by atoms with Crippen molar-refractivity contribution in [1.82, 2.24) is 23.9 Å². The largest absolute Gasteiger partial charge is 0.420 e. The number of aromatic nitrogens is 3. The van der Waals surface area contributed by atoms with Gasteiger partial charge in [0.25, 0.3) is 0 Å². The molecule has 3 fully saturated rings. The summed E-state index contributed by atoms with van der Waals surface area (Å²) in [6, 6.07) is 5.20. The lowest BCUT2D eigenvalue weighted by Gasteiger charge is -2.40.